The van der Waals surface area contributed by atoms with Gasteiger partial charge in [-0.05, 0) is 31.5 Å². The lowest BCUT2D eigenvalue weighted by molar-refractivity contribution is 0.243. The van der Waals surface area contributed by atoms with Gasteiger partial charge in [-0.15, -0.1) is 11.3 Å². The SMILES string of the molecule is CC(C)Oc1c(Cl)cc(C=NNc2nc(-c3ccccc3)cs2)cc1Cl. The molecule has 4 nitrogen and oxygen atoms in total. The van der Waals surface area contributed by atoms with Gasteiger partial charge < -0.3 is 4.74 Å². The van der Waals surface area contributed by atoms with Crippen molar-refractivity contribution in [2.24, 2.45) is 5.10 Å². The quantitative estimate of drug-likeness (QED) is 0.383. The summed E-state index contributed by atoms with van der Waals surface area (Å²) in [6, 6.07) is 13.5. The van der Waals surface area contributed by atoms with Crippen LogP contribution < -0.4 is 10.2 Å². The maximum absolute atomic E-state index is 6.24. The van der Waals surface area contributed by atoms with Gasteiger partial charge in [-0.1, -0.05) is 53.5 Å². The lowest BCUT2D eigenvalue weighted by Gasteiger charge is -2.13. The van der Waals surface area contributed by atoms with Crippen molar-refractivity contribution >= 4 is 45.9 Å². The number of nitrogens with one attached hydrogen (secondary N) is 1. The number of rotatable bonds is 6. The Morgan fingerprint density at radius 1 is 1.15 bits per heavy atom. The topological polar surface area (TPSA) is 46.5 Å². The molecule has 0 aliphatic rings. The Kier molecular flexibility index (Phi) is 6.14. The first kappa shape index (κ1) is 18.7. The molecular weight excluding hydrogens is 389 g/mol. The number of nitrogens with zero attached hydrogens (tertiary/aromatic N) is 2. The van der Waals surface area contributed by atoms with E-state index in [1.165, 1.54) is 11.3 Å². The number of ether oxygens (including phenoxy) is 1. The average Bonchev–Trinajstić information content (AvgIpc) is 3.08. The van der Waals surface area contributed by atoms with Gasteiger partial charge in [0.25, 0.3) is 0 Å². The van der Waals surface area contributed by atoms with Crippen LogP contribution in [-0.2, 0) is 0 Å². The van der Waals surface area contributed by atoms with Crippen molar-refractivity contribution in [2.75, 3.05) is 5.43 Å². The Morgan fingerprint density at radius 2 is 1.85 bits per heavy atom. The molecule has 0 bridgehead atoms. The van der Waals surface area contributed by atoms with Crippen LogP contribution in [0.3, 0.4) is 0 Å². The van der Waals surface area contributed by atoms with Crippen molar-refractivity contribution in [3.05, 3.63) is 63.5 Å². The third-order valence-electron chi connectivity index (χ3n) is 3.32. The van der Waals surface area contributed by atoms with Crippen LogP contribution in [0.25, 0.3) is 11.3 Å². The summed E-state index contributed by atoms with van der Waals surface area (Å²) >= 11 is 14.0. The molecule has 2 aromatic carbocycles. The van der Waals surface area contributed by atoms with Gasteiger partial charge in [0.2, 0.25) is 5.13 Å². The summed E-state index contributed by atoms with van der Waals surface area (Å²) in [6.07, 6.45) is 1.63. The third-order valence-corrected chi connectivity index (χ3v) is 4.63. The van der Waals surface area contributed by atoms with E-state index in [1.54, 1.807) is 18.3 Å². The number of benzene rings is 2. The largest absolute Gasteiger partial charge is 0.488 e. The number of hydrogen-bond donors (Lipinski definition) is 1. The Morgan fingerprint density at radius 3 is 2.50 bits per heavy atom. The summed E-state index contributed by atoms with van der Waals surface area (Å²) in [4.78, 5) is 4.52. The number of hydrogen-bond acceptors (Lipinski definition) is 5. The van der Waals surface area contributed by atoms with Crippen LogP contribution in [0.15, 0.2) is 52.9 Å². The van der Waals surface area contributed by atoms with Crippen LogP contribution in [0.4, 0.5) is 5.13 Å². The van der Waals surface area contributed by atoms with Crippen LogP contribution in [-0.4, -0.2) is 17.3 Å². The summed E-state index contributed by atoms with van der Waals surface area (Å²) in [5.41, 5.74) is 5.68. The first-order valence-corrected chi connectivity index (χ1v) is 9.62. The number of thiazole rings is 1. The van der Waals surface area contributed by atoms with Gasteiger partial charge in [0, 0.05) is 10.9 Å². The van der Waals surface area contributed by atoms with Crippen LogP contribution in [0.1, 0.15) is 19.4 Å². The minimum absolute atomic E-state index is 0.00472. The Labute approximate surface area is 166 Å². The van der Waals surface area contributed by atoms with Crippen molar-refractivity contribution in [1.29, 1.82) is 0 Å². The molecule has 7 heteroatoms. The summed E-state index contributed by atoms with van der Waals surface area (Å²) in [5, 5.41) is 7.80. The second kappa shape index (κ2) is 8.54. The Hall–Kier alpha value is -2.08. The van der Waals surface area contributed by atoms with E-state index in [1.807, 2.05) is 49.6 Å². The van der Waals surface area contributed by atoms with Crippen molar-refractivity contribution in [3.63, 3.8) is 0 Å². The zero-order valence-corrected chi connectivity index (χ0v) is 16.6. The van der Waals surface area contributed by atoms with Crippen LogP contribution in [0.5, 0.6) is 5.75 Å². The minimum Gasteiger partial charge on any atom is -0.488 e. The molecule has 0 aliphatic heterocycles. The van der Waals surface area contributed by atoms with Crippen LogP contribution >= 0.6 is 34.5 Å². The predicted octanol–water partition coefficient (Wildman–Crippen LogP) is 6.35. The molecule has 3 aromatic rings. The van der Waals surface area contributed by atoms with Crippen LogP contribution in [0, 0.1) is 0 Å². The molecule has 0 spiro atoms. The van der Waals surface area contributed by atoms with Gasteiger partial charge in [0.05, 0.1) is 28.1 Å². The fraction of sp³-hybridized carbons (Fsp3) is 0.158. The highest BCUT2D eigenvalue weighted by Gasteiger charge is 2.10. The molecule has 0 radical (unpaired) electrons. The normalized spacial score (nSPS) is 11.3. The zero-order chi connectivity index (χ0) is 18.5. The standard InChI is InChI=1S/C19H17Cl2N3OS/c1-12(2)25-18-15(20)8-13(9-16(18)21)10-22-24-19-23-17(11-26-19)14-6-4-3-5-7-14/h3-12H,1-2H3,(H,23,24). The van der Waals surface area contributed by atoms with Crippen molar-refractivity contribution in [1.82, 2.24) is 4.98 Å². The van der Waals surface area contributed by atoms with Gasteiger partial charge in [-0.25, -0.2) is 4.98 Å². The lowest BCUT2D eigenvalue weighted by atomic mass is 10.2. The second-order valence-corrected chi connectivity index (χ2v) is 7.43. The summed E-state index contributed by atoms with van der Waals surface area (Å²) in [5.74, 6) is 0.487. The Balaban J connectivity index is 1.68. The van der Waals surface area contributed by atoms with Crippen molar-refractivity contribution < 1.29 is 4.74 Å². The molecule has 0 amide bonds. The molecule has 26 heavy (non-hydrogen) atoms. The van der Waals surface area contributed by atoms with E-state index in [-0.39, 0.29) is 6.10 Å². The van der Waals surface area contributed by atoms with E-state index in [4.69, 9.17) is 27.9 Å². The maximum atomic E-state index is 6.24. The molecule has 0 unspecified atom stereocenters. The molecule has 0 aliphatic carbocycles. The first-order valence-electron chi connectivity index (χ1n) is 7.98. The van der Waals surface area contributed by atoms with E-state index >= 15 is 0 Å². The summed E-state index contributed by atoms with van der Waals surface area (Å²) in [7, 11) is 0. The molecule has 0 fully saturated rings. The van der Waals surface area contributed by atoms with Crippen molar-refractivity contribution in [2.45, 2.75) is 20.0 Å². The van der Waals surface area contributed by atoms with Gasteiger partial charge >= 0.3 is 0 Å². The number of hydrazone groups is 1. The third kappa shape index (κ3) is 4.75. The first-order chi connectivity index (χ1) is 12.5. The molecule has 0 saturated carbocycles. The molecule has 1 heterocycles. The fourth-order valence-corrected chi connectivity index (χ4v) is 3.49. The lowest BCUT2D eigenvalue weighted by Crippen LogP contribution is -2.06. The van der Waals surface area contributed by atoms with Gasteiger partial charge in [0.1, 0.15) is 0 Å². The van der Waals surface area contributed by atoms with E-state index in [0.29, 0.717) is 20.9 Å². The van der Waals surface area contributed by atoms with E-state index in [2.05, 4.69) is 15.5 Å². The summed E-state index contributed by atoms with van der Waals surface area (Å²) < 4.78 is 5.62. The fourth-order valence-electron chi connectivity index (χ4n) is 2.23. The van der Waals surface area contributed by atoms with E-state index < -0.39 is 0 Å². The molecular formula is C19H17Cl2N3OS. The van der Waals surface area contributed by atoms with Gasteiger partial charge in [-0.2, -0.15) is 5.10 Å². The molecule has 134 valence electrons. The van der Waals surface area contributed by atoms with Gasteiger partial charge in [-0.3, -0.25) is 5.43 Å². The zero-order valence-electron chi connectivity index (χ0n) is 14.2. The molecule has 3 rings (SSSR count). The van der Waals surface area contributed by atoms with Crippen molar-refractivity contribution in [3.8, 4) is 17.0 Å². The van der Waals surface area contributed by atoms with Gasteiger partial charge in [0.15, 0.2) is 5.75 Å². The minimum atomic E-state index is -0.00472. The molecule has 1 aromatic heterocycles. The Bertz CT molecular complexity index is 887. The van der Waals surface area contributed by atoms with Crippen LogP contribution in [0.2, 0.25) is 10.0 Å². The summed E-state index contributed by atoms with van der Waals surface area (Å²) in [6.45, 7) is 3.84. The number of anilines is 1. The second-order valence-electron chi connectivity index (χ2n) is 5.75. The molecule has 0 atom stereocenters. The molecule has 1 N–H and O–H groups in total. The maximum Gasteiger partial charge on any atom is 0.203 e. The predicted molar refractivity (Wildman–Crippen MR) is 111 cm³/mol. The highest BCUT2D eigenvalue weighted by atomic mass is 35.5. The smallest absolute Gasteiger partial charge is 0.203 e. The molecule has 0 saturated heterocycles. The van der Waals surface area contributed by atoms with E-state index in [9.17, 15) is 0 Å². The highest BCUT2D eigenvalue weighted by molar-refractivity contribution is 7.14. The number of halogens is 2. The monoisotopic (exact) mass is 405 g/mol. The highest BCUT2D eigenvalue weighted by Crippen LogP contribution is 2.34. The van der Waals surface area contributed by atoms with E-state index in [0.717, 1.165) is 16.8 Å². The average molecular weight is 406 g/mol. The number of aromatic nitrogens is 1.